The summed E-state index contributed by atoms with van der Waals surface area (Å²) in [6, 6.07) is 5.25. The summed E-state index contributed by atoms with van der Waals surface area (Å²) < 4.78 is 13.2. The highest BCUT2D eigenvalue weighted by Gasteiger charge is 2.39. The molecule has 0 aliphatic heterocycles. The second kappa shape index (κ2) is 4.61. The fourth-order valence-corrected chi connectivity index (χ4v) is 3.57. The van der Waals surface area contributed by atoms with Crippen LogP contribution < -0.4 is 0 Å². The van der Waals surface area contributed by atoms with E-state index in [-0.39, 0.29) is 11.2 Å². The van der Waals surface area contributed by atoms with Crippen molar-refractivity contribution in [2.24, 2.45) is 11.3 Å². The monoisotopic (exact) mass is 254 g/mol. The van der Waals surface area contributed by atoms with Crippen LogP contribution in [0, 0.1) is 24.1 Å². The first-order valence-electron chi connectivity index (χ1n) is 6.32. The van der Waals surface area contributed by atoms with Gasteiger partial charge in [-0.3, -0.25) is 0 Å². The van der Waals surface area contributed by atoms with Gasteiger partial charge in [-0.25, -0.2) is 4.39 Å². The van der Waals surface area contributed by atoms with Gasteiger partial charge in [-0.2, -0.15) is 0 Å². The minimum absolute atomic E-state index is 0.00630. The maximum Gasteiger partial charge on any atom is 0.126 e. The Morgan fingerprint density at radius 3 is 2.65 bits per heavy atom. The summed E-state index contributed by atoms with van der Waals surface area (Å²) in [6.45, 7) is 6.37. The van der Waals surface area contributed by atoms with E-state index in [1.165, 1.54) is 25.3 Å². The summed E-state index contributed by atoms with van der Waals surface area (Å²) in [6.07, 6.45) is 3.67. The second-order valence-electron chi connectivity index (χ2n) is 5.90. The average molecular weight is 255 g/mol. The molecule has 1 aromatic carbocycles. The van der Waals surface area contributed by atoms with Gasteiger partial charge in [0, 0.05) is 0 Å². The van der Waals surface area contributed by atoms with Crippen LogP contribution in [0.1, 0.15) is 49.6 Å². The Kier molecular flexibility index (Phi) is 3.49. The predicted octanol–water partition coefficient (Wildman–Crippen LogP) is 5.24. The minimum Gasteiger partial charge on any atom is -0.207 e. The summed E-state index contributed by atoms with van der Waals surface area (Å²) in [5.74, 6) is 0.345. The van der Waals surface area contributed by atoms with E-state index in [0.29, 0.717) is 16.9 Å². The summed E-state index contributed by atoms with van der Waals surface area (Å²) in [5.41, 5.74) is 2.05. The summed E-state index contributed by atoms with van der Waals surface area (Å²) >= 11 is 6.60. The van der Waals surface area contributed by atoms with E-state index < -0.39 is 0 Å². The molecule has 17 heavy (non-hydrogen) atoms. The molecule has 1 aliphatic rings. The van der Waals surface area contributed by atoms with Gasteiger partial charge in [-0.1, -0.05) is 32.4 Å². The summed E-state index contributed by atoms with van der Waals surface area (Å²) in [4.78, 5) is 0. The van der Waals surface area contributed by atoms with Gasteiger partial charge >= 0.3 is 0 Å². The Morgan fingerprint density at radius 1 is 1.41 bits per heavy atom. The minimum atomic E-state index is -0.150. The number of halogens is 2. The number of aryl methyl sites for hydroxylation is 1. The molecule has 2 atom stereocenters. The molecular weight excluding hydrogens is 235 g/mol. The molecule has 2 rings (SSSR count). The third-order valence-corrected chi connectivity index (χ3v) is 4.75. The number of alkyl halides is 1. The van der Waals surface area contributed by atoms with Gasteiger partial charge < -0.3 is 0 Å². The first-order chi connectivity index (χ1) is 7.92. The zero-order chi connectivity index (χ0) is 12.6. The van der Waals surface area contributed by atoms with E-state index in [1.807, 2.05) is 12.1 Å². The zero-order valence-electron chi connectivity index (χ0n) is 10.8. The van der Waals surface area contributed by atoms with E-state index in [2.05, 4.69) is 13.8 Å². The molecule has 2 unspecified atom stereocenters. The van der Waals surface area contributed by atoms with E-state index in [9.17, 15) is 4.39 Å². The van der Waals surface area contributed by atoms with Crippen molar-refractivity contribution in [3.8, 4) is 0 Å². The van der Waals surface area contributed by atoms with Crippen LogP contribution in [0.5, 0.6) is 0 Å². The van der Waals surface area contributed by atoms with Crippen molar-refractivity contribution in [1.29, 1.82) is 0 Å². The lowest BCUT2D eigenvalue weighted by molar-refractivity contribution is 0.252. The van der Waals surface area contributed by atoms with E-state index >= 15 is 0 Å². The van der Waals surface area contributed by atoms with Crippen molar-refractivity contribution in [3.05, 3.63) is 35.1 Å². The van der Waals surface area contributed by atoms with Crippen LogP contribution in [0.25, 0.3) is 0 Å². The lowest BCUT2D eigenvalue weighted by Gasteiger charge is -2.31. The van der Waals surface area contributed by atoms with Gasteiger partial charge in [-0.15, -0.1) is 11.6 Å². The molecule has 1 saturated carbocycles. The van der Waals surface area contributed by atoms with Crippen LogP contribution in [0.3, 0.4) is 0 Å². The maximum absolute atomic E-state index is 13.2. The number of benzene rings is 1. The van der Waals surface area contributed by atoms with Crippen LogP contribution in [-0.2, 0) is 0 Å². The van der Waals surface area contributed by atoms with Crippen molar-refractivity contribution in [1.82, 2.24) is 0 Å². The topological polar surface area (TPSA) is 0 Å². The third kappa shape index (κ3) is 2.49. The van der Waals surface area contributed by atoms with Crippen LogP contribution in [0.15, 0.2) is 18.2 Å². The molecule has 0 N–H and O–H groups in total. The van der Waals surface area contributed by atoms with Crippen LogP contribution in [0.4, 0.5) is 4.39 Å². The Labute approximate surface area is 108 Å². The van der Waals surface area contributed by atoms with Gasteiger partial charge in [0.15, 0.2) is 0 Å². The van der Waals surface area contributed by atoms with E-state index in [1.54, 1.807) is 6.92 Å². The van der Waals surface area contributed by atoms with Crippen molar-refractivity contribution in [2.45, 2.75) is 45.4 Å². The quantitative estimate of drug-likeness (QED) is 0.633. The molecule has 1 aromatic rings. The van der Waals surface area contributed by atoms with Crippen molar-refractivity contribution in [3.63, 3.8) is 0 Å². The molecule has 0 nitrogen and oxygen atoms in total. The van der Waals surface area contributed by atoms with Gasteiger partial charge in [0.2, 0.25) is 0 Å². The molecule has 0 heterocycles. The Hall–Kier alpha value is -0.560. The second-order valence-corrected chi connectivity index (χ2v) is 6.37. The number of hydrogen-bond acceptors (Lipinski definition) is 0. The summed E-state index contributed by atoms with van der Waals surface area (Å²) in [5, 5.41) is 0.00630. The average Bonchev–Trinajstić information content (AvgIpc) is 2.61. The van der Waals surface area contributed by atoms with Crippen LogP contribution >= 0.6 is 11.6 Å². The van der Waals surface area contributed by atoms with E-state index in [4.69, 9.17) is 11.6 Å². The molecule has 0 radical (unpaired) electrons. The fraction of sp³-hybridized carbons (Fsp3) is 0.600. The highest BCUT2D eigenvalue weighted by molar-refractivity contribution is 6.21. The summed E-state index contributed by atoms with van der Waals surface area (Å²) in [7, 11) is 0. The Morgan fingerprint density at radius 2 is 2.12 bits per heavy atom. The lowest BCUT2D eigenvalue weighted by Crippen LogP contribution is -2.21. The number of rotatable bonds is 2. The Bertz CT molecular complexity index is 411. The molecule has 1 fully saturated rings. The molecule has 2 heteroatoms. The molecule has 0 amide bonds. The first kappa shape index (κ1) is 12.9. The van der Waals surface area contributed by atoms with Crippen molar-refractivity contribution >= 4 is 11.6 Å². The molecule has 0 bridgehead atoms. The molecule has 0 aromatic heterocycles. The normalized spacial score (nSPS) is 24.9. The predicted molar refractivity (Wildman–Crippen MR) is 70.9 cm³/mol. The Balaban J connectivity index is 2.25. The zero-order valence-corrected chi connectivity index (χ0v) is 11.5. The standard InChI is InChI=1S/C15H20ClF/c1-10-9-11(6-7-13(10)17)14(16)12-5-4-8-15(12,2)3/h6-7,9,12,14H,4-5,8H2,1-3H3. The maximum atomic E-state index is 13.2. The molecule has 94 valence electrons. The fourth-order valence-electron chi connectivity index (χ4n) is 2.97. The van der Waals surface area contributed by atoms with Crippen LogP contribution in [0.2, 0.25) is 0 Å². The van der Waals surface area contributed by atoms with Gasteiger partial charge in [0.05, 0.1) is 5.38 Å². The molecule has 1 aliphatic carbocycles. The van der Waals surface area contributed by atoms with Crippen LogP contribution in [-0.4, -0.2) is 0 Å². The van der Waals surface area contributed by atoms with Gasteiger partial charge in [0.1, 0.15) is 5.82 Å². The highest BCUT2D eigenvalue weighted by atomic mass is 35.5. The smallest absolute Gasteiger partial charge is 0.126 e. The lowest BCUT2D eigenvalue weighted by atomic mass is 9.78. The van der Waals surface area contributed by atoms with Gasteiger partial charge in [-0.05, 0) is 48.3 Å². The molecule has 0 saturated heterocycles. The third-order valence-electron chi connectivity index (χ3n) is 4.19. The van der Waals surface area contributed by atoms with Gasteiger partial charge in [0.25, 0.3) is 0 Å². The highest BCUT2D eigenvalue weighted by Crippen LogP contribution is 2.51. The molecule has 0 spiro atoms. The van der Waals surface area contributed by atoms with E-state index in [0.717, 1.165) is 5.56 Å². The number of hydrogen-bond donors (Lipinski definition) is 0. The van der Waals surface area contributed by atoms with Crippen molar-refractivity contribution < 1.29 is 4.39 Å². The molecular formula is C15H20ClF. The van der Waals surface area contributed by atoms with Crippen molar-refractivity contribution in [2.75, 3.05) is 0 Å². The SMILES string of the molecule is Cc1cc(C(Cl)C2CCCC2(C)C)ccc1F. The first-order valence-corrected chi connectivity index (χ1v) is 6.75. The largest absolute Gasteiger partial charge is 0.207 e.